The van der Waals surface area contributed by atoms with Crippen LogP contribution in [0, 0.1) is 0 Å². The van der Waals surface area contributed by atoms with Crippen molar-refractivity contribution in [2.75, 3.05) is 0 Å². The Morgan fingerprint density at radius 2 is 1.89 bits per heavy atom. The van der Waals surface area contributed by atoms with E-state index in [9.17, 15) is 9.90 Å². The summed E-state index contributed by atoms with van der Waals surface area (Å²) < 4.78 is 0. The smallest absolute Gasteiger partial charge is 0.269 e. The molecule has 0 aliphatic rings. The van der Waals surface area contributed by atoms with Crippen LogP contribution in [0.5, 0.6) is 5.75 Å². The highest BCUT2D eigenvalue weighted by Crippen LogP contribution is 2.27. The van der Waals surface area contributed by atoms with Gasteiger partial charge >= 0.3 is 0 Å². The molecule has 3 N–H and O–H groups in total. The monoisotopic (exact) mass is 390 g/mol. The molecule has 2 aromatic carbocycles. The molecule has 0 radical (unpaired) electrons. The van der Waals surface area contributed by atoms with Gasteiger partial charge in [-0.2, -0.15) is 5.10 Å². The number of amides is 1. The van der Waals surface area contributed by atoms with Gasteiger partial charge in [-0.3, -0.25) is 9.89 Å². The Morgan fingerprint density at radius 3 is 2.71 bits per heavy atom. The van der Waals surface area contributed by atoms with Crippen molar-refractivity contribution >= 4 is 17.2 Å². The number of para-hydroxylation sites is 1. The first kappa shape index (κ1) is 17.9. The van der Waals surface area contributed by atoms with E-state index in [1.54, 1.807) is 41.7 Å². The number of nitrogens with zero attached hydrogens (tertiary/aromatic N) is 2. The topological polar surface area (TPSA) is 90.9 Å². The number of aromatic nitrogens is 3. The summed E-state index contributed by atoms with van der Waals surface area (Å²) in [6, 6.07) is 18.6. The second-order valence-electron chi connectivity index (χ2n) is 6.26. The highest BCUT2D eigenvalue weighted by Gasteiger charge is 2.13. The molecular weight excluding hydrogens is 372 g/mol. The van der Waals surface area contributed by atoms with Crippen molar-refractivity contribution in [3.8, 4) is 17.0 Å². The number of phenolic OH excluding ortho intramolecular Hbond substituents is 1. The molecule has 0 saturated heterocycles. The fourth-order valence-electron chi connectivity index (χ4n) is 2.81. The lowest BCUT2D eigenvalue weighted by molar-refractivity contribution is 0.0945. The quantitative estimate of drug-likeness (QED) is 0.467. The minimum absolute atomic E-state index is 0.120. The maximum atomic E-state index is 12.4. The molecule has 0 unspecified atom stereocenters. The second-order valence-corrected chi connectivity index (χ2v) is 7.20. The van der Waals surface area contributed by atoms with Crippen LogP contribution >= 0.6 is 11.3 Å². The average Bonchev–Trinajstić information content (AvgIpc) is 3.37. The van der Waals surface area contributed by atoms with E-state index >= 15 is 0 Å². The van der Waals surface area contributed by atoms with E-state index in [0.717, 1.165) is 17.1 Å². The standard InChI is InChI=1S/C21H18N4O2S/c26-19-9-5-4-8-16(19)17-11-18(25-24-17)21(27)22-12-15-13-28-20(23-15)10-14-6-2-1-3-7-14/h1-9,11,13,26H,10,12H2,(H,22,27)(H,24,25). The first-order chi connectivity index (χ1) is 13.7. The van der Waals surface area contributed by atoms with Crippen LogP contribution in [0.1, 0.15) is 26.8 Å². The molecule has 1 amide bonds. The molecule has 0 aliphatic carbocycles. The first-order valence-corrected chi connectivity index (χ1v) is 9.66. The Labute approximate surface area is 165 Å². The molecule has 28 heavy (non-hydrogen) atoms. The van der Waals surface area contributed by atoms with Gasteiger partial charge in [0.05, 0.1) is 22.9 Å². The van der Waals surface area contributed by atoms with Crippen LogP contribution in [0.2, 0.25) is 0 Å². The van der Waals surface area contributed by atoms with Gasteiger partial charge in [0.1, 0.15) is 11.4 Å². The van der Waals surface area contributed by atoms with Crippen LogP contribution in [0.4, 0.5) is 0 Å². The number of hydrogen-bond donors (Lipinski definition) is 3. The molecular formula is C21H18N4O2S. The van der Waals surface area contributed by atoms with Gasteiger partial charge in [-0.1, -0.05) is 42.5 Å². The first-order valence-electron chi connectivity index (χ1n) is 8.78. The van der Waals surface area contributed by atoms with Crippen LogP contribution in [0.3, 0.4) is 0 Å². The molecule has 2 heterocycles. The van der Waals surface area contributed by atoms with Crippen molar-refractivity contribution in [1.29, 1.82) is 0 Å². The van der Waals surface area contributed by atoms with Crippen molar-refractivity contribution < 1.29 is 9.90 Å². The normalized spacial score (nSPS) is 10.7. The summed E-state index contributed by atoms with van der Waals surface area (Å²) in [5, 5.41) is 22.6. The van der Waals surface area contributed by atoms with Crippen LogP contribution in [0.15, 0.2) is 66.0 Å². The van der Waals surface area contributed by atoms with Crippen LogP contribution in [0.25, 0.3) is 11.3 Å². The molecule has 6 nitrogen and oxygen atoms in total. The molecule has 0 saturated carbocycles. The third-order valence-corrected chi connectivity index (χ3v) is 5.13. The third-order valence-electron chi connectivity index (χ3n) is 4.23. The molecule has 2 aromatic heterocycles. The van der Waals surface area contributed by atoms with E-state index in [-0.39, 0.29) is 11.7 Å². The molecule has 0 fully saturated rings. The number of thiazole rings is 1. The van der Waals surface area contributed by atoms with Crippen molar-refractivity contribution in [2.45, 2.75) is 13.0 Å². The summed E-state index contributed by atoms with van der Waals surface area (Å²) in [5.41, 5.74) is 3.45. The maximum Gasteiger partial charge on any atom is 0.269 e. The number of nitrogens with one attached hydrogen (secondary N) is 2. The van der Waals surface area contributed by atoms with Gasteiger partial charge in [-0.15, -0.1) is 11.3 Å². The van der Waals surface area contributed by atoms with Crippen molar-refractivity contribution in [1.82, 2.24) is 20.5 Å². The van der Waals surface area contributed by atoms with Gasteiger partial charge in [0.15, 0.2) is 0 Å². The maximum absolute atomic E-state index is 12.4. The molecule has 0 bridgehead atoms. The van der Waals surface area contributed by atoms with Gasteiger partial charge < -0.3 is 10.4 Å². The van der Waals surface area contributed by atoms with Crippen LogP contribution in [-0.4, -0.2) is 26.2 Å². The van der Waals surface area contributed by atoms with Gasteiger partial charge in [-0.25, -0.2) is 4.98 Å². The van der Waals surface area contributed by atoms with Gasteiger partial charge in [0.2, 0.25) is 0 Å². The highest BCUT2D eigenvalue weighted by atomic mass is 32.1. The number of H-pyrrole nitrogens is 1. The minimum Gasteiger partial charge on any atom is -0.507 e. The fourth-order valence-corrected chi connectivity index (χ4v) is 3.64. The van der Waals surface area contributed by atoms with E-state index < -0.39 is 0 Å². The number of carbonyl (C=O) groups excluding carboxylic acids is 1. The van der Waals surface area contributed by atoms with Gasteiger partial charge in [0, 0.05) is 17.4 Å². The number of hydrogen-bond acceptors (Lipinski definition) is 5. The van der Waals surface area contributed by atoms with Gasteiger partial charge in [-0.05, 0) is 23.8 Å². The Morgan fingerprint density at radius 1 is 1.11 bits per heavy atom. The Bertz CT molecular complexity index is 1090. The zero-order chi connectivity index (χ0) is 19.3. The number of carbonyl (C=O) groups is 1. The highest BCUT2D eigenvalue weighted by molar-refractivity contribution is 7.09. The largest absolute Gasteiger partial charge is 0.507 e. The average molecular weight is 390 g/mol. The lowest BCUT2D eigenvalue weighted by Crippen LogP contribution is -2.23. The number of benzene rings is 2. The van der Waals surface area contributed by atoms with E-state index in [1.807, 2.05) is 23.6 Å². The summed E-state index contributed by atoms with van der Waals surface area (Å²) in [5.74, 6) is -0.152. The second kappa shape index (κ2) is 8.06. The molecule has 4 aromatic rings. The molecule has 0 aliphatic heterocycles. The fraction of sp³-hybridized carbons (Fsp3) is 0.0952. The van der Waals surface area contributed by atoms with E-state index in [0.29, 0.717) is 23.5 Å². The Hall–Kier alpha value is -3.45. The summed E-state index contributed by atoms with van der Waals surface area (Å²) in [4.78, 5) is 17.0. The summed E-state index contributed by atoms with van der Waals surface area (Å²) >= 11 is 1.58. The molecule has 4 rings (SSSR count). The third kappa shape index (κ3) is 4.10. The predicted molar refractivity (Wildman–Crippen MR) is 108 cm³/mol. The predicted octanol–water partition coefficient (Wildman–Crippen LogP) is 3.76. The van der Waals surface area contributed by atoms with Crippen molar-refractivity contribution in [3.63, 3.8) is 0 Å². The van der Waals surface area contributed by atoms with Crippen LogP contribution < -0.4 is 5.32 Å². The lowest BCUT2D eigenvalue weighted by Gasteiger charge is -2.01. The minimum atomic E-state index is -0.271. The van der Waals surface area contributed by atoms with Crippen molar-refractivity contribution in [2.24, 2.45) is 0 Å². The number of aromatic amines is 1. The van der Waals surface area contributed by atoms with E-state index in [2.05, 4.69) is 32.6 Å². The molecule has 0 atom stereocenters. The SMILES string of the molecule is O=C(NCc1csc(Cc2ccccc2)n1)c1cc(-c2ccccc2O)n[nH]1. The van der Waals surface area contributed by atoms with E-state index in [4.69, 9.17) is 0 Å². The zero-order valence-corrected chi connectivity index (χ0v) is 15.7. The summed E-state index contributed by atoms with van der Waals surface area (Å²) in [6.07, 6.45) is 0.782. The number of phenols is 1. The number of aromatic hydroxyl groups is 1. The molecule has 140 valence electrons. The Balaban J connectivity index is 1.37. The van der Waals surface area contributed by atoms with E-state index in [1.165, 1.54) is 5.56 Å². The molecule has 7 heteroatoms. The summed E-state index contributed by atoms with van der Waals surface area (Å²) in [6.45, 7) is 0.342. The summed E-state index contributed by atoms with van der Waals surface area (Å²) in [7, 11) is 0. The zero-order valence-electron chi connectivity index (χ0n) is 14.9. The number of rotatable bonds is 6. The van der Waals surface area contributed by atoms with Gasteiger partial charge in [0.25, 0.3) is 5.91 Å². The lowest BCUT2D eigenvalue weighted by atomic mass is 10.1. The molecule has 0 spiro atoms. The Kier molecular flexibility index (Phi) is 5.16. The van der Waals surface area contributed by atoms with Crippen LogP contribution in [-0.2, 0) is 13.0 Å². The van der Waals surface area contributed by atoms with Crippen molar-refractivity contribution in [3.05, 3.63) is 88.0 Å².